The average Bonchev–Trinajstić information content (AvgIpc) is 2.42. The third kappa shape index (κ3) is 3.12. The largest absolute Gasteiger partial charge is 0.478 e. The van der Waals surface area contributed by atoms with Gasteiger partial charge in [-0.2, -0.15) is 0 Å². The van der Waals surface area contributed by atoms with Crippen LogP contribution in [0.1, 0.15) is 21.5 Å². The highest BCUT2D eigenvalue weighted by atomic mass is 32.2. The van der Waals surface area contributed by atoms with Gasteiger partial charge in [-0.3, -0.25) is 0 Å². The summed E-state index contributed by atoms with van der Waals surface area (Å²) in [7, 11) is -3.35. The molecule has 0 amide bonds. The van der Waals surface area contributed by atoms with Crippen LogP contribution in [-0.2, 0) is 9.84 Å². The first-order valence-corrected chi connectivity index (χ1v) is 8.50. The van der Waals surface area contributed by atoms with E-state index in [1.54, 1.807) is 37.3 Å². The third-order valence-corrected chi connectivity index (χ3v) is 4.68. The van der Waals surface area contributed by atoms with Gasteiger partial charge in [0.1, 0.15) is 0 Å². The van der Waals surface area contributed by atoms with Gasteiger partial charge in [0, 0.05) is 11.9 Å². The van der Waals surface area contributed by atoms with E-state index in [0.717, 1.165) is 11.8 Å². The molecule has 0 spiro atoms. The van der Waals surface area contributed by atoms with E-state index in [0.29, 0.717) is 16.9 Å². The molecule has 0 heterocycles. The quantitative estimate of drug-likeness (QED) is 0.904. The van der Waals surface area contributed by atoms with Crippen molar-refractivity contribution in [2.75, 3.05) is 11.6 Å². The molecule has 2 aromatic rings. The Morgan fingerprint density at radius 2 is 1.73 bits per heavy atom. The van der Waals surface area contributed by atoms with E-state index in [1.165, 1.54) is 6.07 Å². The molecule has 5 nitrogen and oxygen atoms in total. The minimum Gasteiger partial charge on any atom is -0.478 e. The van der Waals surface area contributed by atoms with E-state index in [2.05, 4.69) is 5.32 Å². The summed E-state index contributed by atoms with van der Waals surface area (Å²) in [6.07, 6.45) is 1.15. The summed E-state index contributed by atoms with van der Waals surface area (Å²) >= 11 is 0. The van der Waals surface area contributed by atoms with Gasteiger partial charge in [0.05, 0.1) is 16.1 Å². The van der Waals surface area contributed by atoms with Gasteiger partial charge in [0.2, 0.25) is 0 Å². The number of rotatable bonds is 4. The van der Waals surface area contributed by atoms with Crippen LogP contribution in [0.3, 0.4) is 0 Å². The van der Waals surface area contributed by atoms with E-state index < -0.39 is 15.8 Å². The summed E-state index contributed by atoms with van der Waals surface area (Å²) in [4.78, 5) is 11.5. The van der Waals surface area contributed by atoms with Gasteiger partial charge in [-0.1, -0.05) is 18.2 Å². The van der Waals surface area contributed by atoms with Crippen LogP contribution < -0.4 is 5.32 Å². The molecule has 0 bridgehead atoms. The van der Waals surface area contributed by atoms with Gasteiger partial charge >= 0.3 is 5.97 Å². The molecule has 0 saturated heterocycles. The van der Waals surface area contributed by atoms with Crippen molar-refractivity contribution in [3.05, 3.63) is 53.1 Å². The second-order valence-electron chi connectivity index (χ2n) is 5.13. The highest BCUT2D eigenvalue weighted by Crippen LogP contribution is 2.30. The fourth-order valence-corrected chi connectivity index (χ4v) is 3.31. The third-order valence-electron chi connectivity index (χ3n) is 3.44. The number of carboxylic acids is 1. The molecule has 0 aliphatic heterocycles. The average molecular weight is 319 g/mol. The number of carbonyl (C=O) groups is 1. The van der Waals surface area contributed by atoms with Gasteiger partial charge in [-0.25, -0.2) is 13.2 Å². The number of hydrogen-bond donors (Lipinski definition) is 2. The van der Waals surface area contributed by atoms with Gasteiger partial charge in [0.25, 0.3) is 0 Å². The molecule has 2 aromatic carbocycles. The number of anilines is 2. The molecule has 22 heavy (non-hydrogen) atoms. The van der Waals surface area contributed by atoms with Crippen molar-refractivity contribution in [3.63, 3.8) is 0 Å². The first kappa shape index (κ1) is 16.0. The van der Waals surface area contributed by atoms with Crippen molar-refractivity contribution >= 4 is 27.2 Å². The molecule has 0 aliphatic carbocycles. The van der Waals surface area contributed by atoms with Crippen LogP contribution in [0, 0.1) is 13.8 Å². The van der Waals surface area contributed by atoms with Crippen molar-refractivity contribution in [1.82, 2.24) is 0 Å². The summed E-state index contributed by atoms with van der Waals surface area (Å²) < 4.78 is 23.6. The SMILES string of the molecule is Cc1ccc(S(C)(=O)=O)c(C)c1Nc1ccccc1C(=O)O. The Kier molecular flexibility index (Phi) is 4.23. The second kappa shape index (κ2) is 5.81. The molecule has 0 atom stereocenters. The second-order valence-corrected chi connectivity index (χ2v) is 7.11. The number of nitrogens with one attached hydrogen (secondary N) is 1. The lowest BCUT2D eigenvalue weighted by Crippen LogP contribution is -2.07. The summed E-state index contributed by atoms with van der Waals surface area (Å²) in [5, 5.41) is 12.3. The Balaban J connectivity index is 2.58. The predicted octanol–water partition coefficient (Wildman–Crippen LogP) is 3.15. The van der Waals surface area contributed by atoms with E-state index in [9.17, 15) is 18.3 Å². The van der Waals surface area contributed by atoms with E-state index in [-0.39, 0.29) is 10.5 Å². The first-order valence-electron chi connectivity index (χ1n) is 6.61. The molecule has 0 aliphatic rings. The molecule has 116 valence electrons. The molecular formula is C16H17NO4S. The fourth-order valence-electron chi connectivity index (χ4n) is 2.34. The van der Waals surface area contributed by atoms with Crippen LogP contribution in [0.4, 0.5) is 11.4 Å². The molecule has 0 saturated carbocycles. The maximum absolute atomic E-state index is 11.8. The van der Waals surface area contributed by atoms with Crippen molar-refractivity contribution in [1.29, 1.82) is 0 Å². The van der Waals surface area contributed by atoms with Crippen LogP contribution in [0.5, 0.6) is 0 Å². The number of sulfone groups is 1. The van der Waals surface area contributed by atoms with Crippen molar-refractivity contribution in [2.45, 2.75) is 18.7 Å². The van der Waals surface area contributed by atoms with Gasteiger partial charge in [-0.05, 0) is 43.2 Å². The van der Waals surface area contributed by atoms with E-state index in [1.807, 2.05) is 6.92 Å². The van der Waals surface area contributed by atoms with Crippen LogP contribution in [0.15, 0.2) is 41.3 Å². The molecule has 0 fully saturated rings. The number of aryl methyl sites for hydroxylation is 1. The minimum absolute atomic E-state index is 0.131. The Bertz CT molecular complexity index is 841. The molecule has 6 heteroatoms. The van der Waals surface area contributed by atoms with Gasteiger partial charge in [0.15, 0.2) is 9.84 Å². The Morgan fingerprint density at radius 1 is 1.09 bits per heavy atom. The zero-order valence-corrected chi connectivity index (χ0v) is 13.4. The zero-order valence-electron chi connectivity index (χ0n) is 12.5. The highest BCUT2D eigenvalue weighted by Gasteiger charge is 2.17. The summed E-state index contributed by atoms with van der Waals surface area (Å²) in [5.74, 6) is -1.04. The maximum atomic E-state index is 11.8. The van der Waals surface area contributed by atoms with Crippen molar-refractivity contribution in [2.24, 2.45) is 0 Å². The maximum Gasteiger partial charge on any atom is 0.337 e. The number of para-hydroxylation sites is 1. The number of benzene rings is 2. The lowest BCUT2D eigenvalue weighted by molar-refractivity contribution is 0.0698. The van der Waals surface area contributed by atoms with Crippen molar-refractivity contribution < 1.29 is 18.3 Å². The lowest BCUT2D eigenvalue weighted by Gasteiger charge is -2.16. The molecule has 0 aromatic heterocycles. The van der Waals surface area contributed by atoms with E-state index in [4.69, 9.17) is 0 Å². The number of hydrogen-bond acceptors (Lipinski definition) is 4. The van der Waals surface area contributed by atoms with Gasteiger partial charge < -0.3 is 10.4 Å². The molecular weight excluding hydrogens is 302 g/mol. The fraction of sp³-hybridized carbons (Fsp3) is 0.188. The number of carboxylic acid groups (broad SMARTS) is 1. The van der Waals surface area contributed by atoms with Crippen LogP contribution >= 0.6 is 0 Å². The highest BCUT2D eigenvalue weighted by molar-refractivity contribution is 7.90. The molecule has 0 radical (unpaired) electrons. The molecule has 2 N–H and O–H groups in total. The predicted molar refractivity (Wildman–Crippen MR) is 85.7 cm³/mol. The van der Waals surface area contributed by atoms with Crippen LogP contribution in [0.2, 0.25) is 0 Å². The monoisotopic (exact) mass is 319 g/mol. The standard InChI is InChI=1S/C16H17NO4S/c1-10-8-9-14(22(3,20)21)11(2)15(10)17-13-7-5-4-6-12(13)16(18)19/h4-9,17H,1-3H3,(H,18,19). The van der Waals surface area contributed by atoms with Crippen LogP contribution in [0.25, 0.3) is 0 Å². The normalized spacial score (nSPS) is 11.2. The Morgan fingerprint density at radius 3 is 2.32 bits per heavy atom. The van der Waals surface area contributed by atoms with Gasteiger partial charge in [-0.15, -0.1) is 0 Å². The molecule has 2 rings (SSSR count). The molecule has 0 unspecified atom stereocenters. The Labute approximate surface area is 129 Å². The summed E-state index contributed by atoms with van der Waals surface area (Å²) in [5.41, 5.74) is 2.57. The number of aromatic carboxylic acids is 1. The minimum atomic E-state index is -3.35. The first-order chi connectivity index (χ1) is 10.2. The van der Waals surface area contributed by atoms with Crippen LogP contribution in [-0.4, -0.2) is 25.7 Å². The Hall–Kier alpha value is -2.34. The topological polar surface area (TPSA) is 83.5 Å². The smallest absolute Gasteiger partial charge is 0.337 e. The summed E-state index contributed by atoms with van der Waals surface area (Å²) in [6.45, 7) is 3.54. The van der Waals surface area contributed by atoms with Crippen molar-refractivity contribution in [3.8, 4) is 0 Å². The van der Waals surface area contributed by atoms with E-state index >= 15 is 0 Å². The zero-order chi connectivity index (χ0) is 16.5. The summed E-state index contributed by atoms with van der Waals surface area (Å²) in [6, 6.07) is 9.77. The lowest BCUT2D eigenvalue weighted by atomic mass is 10.1.